The van der Waals surface area contributed by atoms with Crippen molar-refractivity contribution in [2.24, 2.45) is 0 Å². The largest absolute Gasteiger partial charge is 0.497 e. The fraction of sp³-hybridized carbons (Fsp3) is 0.350. The van der Waals surface area contributed by atoms with Crippen molar-refractivity contribution in [2.75, 3.05) is 19.1 Å². The van der Waals surface area contributed by atoms with Gasteiger partial charge in [0.1, 0.15) is 11.5 Å². The Morgan fingerprint density at radius 1 is 1.00 bits per heavy atom. The number of β-lactam (4-membered cyclic amide) rings is 1. The number of anilines is 1. The van der Waals surface area contributed by atoms with E-state index in [-0.39, 0.29) is 5.91 Å². The first-order chi connectivity index (χ1) is 12.0. The Bertz CT molecular complexity index is 741. The van der Waals surface area contributed by atoms with Crippen LogP contribution in [0.5, 0.6) is 11.5 Å². The van der Waals surface area contributed by atoms with E-state index in [0.29, 0.717) is 6.42 Å². The second-order valence-electron chi connectivity index (χ2n) is 6.22. The maximum atomic E-state index is 12.8. The topological polar surface area (TPSA) is 59.0 Å². The van der Waals surface area contributed by atoms with Crippen LogP contribution in [0.25, 0.3) is 0 Å². The Balaban J connectivity index is 1.98. The molecule has 1 fully saturated rings. The Hall–Kier alpha value is -2.53. The summed E-state index contributed by atoms with van der Waals surface area (Å²) in [6, 6.07) is 14.3. The normalized spacial score (nSPS) is 22.5. The smallest absolute Gasteiger partial charge is 0.262 e. The number of methoxy groups -OCH3 is 2. The number of carbonyl (C=O) groups excluding carboxylic acids is 1. The summed E-state index contributed by atoms with van der Waals surface area (Å²) in [5, 5.41) is 11.0. The van der Waals surface area contributed by atoms with Gasteiger partial charge >= 0.3 is 0 Å². The highest BCUT2D eigenvalue weighted by atomic mass is 16.5. The molecule has 0 aliphatic carbocycles. The van der Waals surface area contributed by atoms with Gasteiger partial charge in [0.25, 0.3) is 5.91 Å². The van der Waals surface area contributed by atoms with Gasteiger partial charge in [0.2, 0.25) is 0 Å². The number of ether oxygens (including phenoxy) is 2. The van der Waals surface area contributed by atoms with Gasteiger partial charge in [0, 0.05) is 5.69 Å². The van der Waals surface area contributed by atoms with E-state index in [4.69, 9.17) is 9.47 Å². The van der Waals surface area contributed by atoms with E-state index >= 15 is 0 Å². The minimum absolute atomic E-state index is 0.264. The Morgan fingerprint density at radius 2 is 1.52 bits per heavy atom. The monoisotopic (exact) mass is 341 g/mol. The van der Waals surface area contributed by atoms with Crippen LogP contribution in [0.1, 0.15) is 31.4 Å². The number of hydrogen-bond donors (Lipinski definition) is 1. The van der Waals surface area contributed by atoms with Gasteiger partial charge in [-0.1, -0.05) is 25.5 Å². The molecule has 0 radical (unpaired) electrons. The third-order valence-electron chi connectivity index (χ3n) is 4.71. The number of carbonyl (C=O) groups is 1. The second-order valence-corrected chi connectivity index (χ2v) is 6.22. The van der Waals surface area contributed by atoms with Gasteiger partial charge < -0.3 is 14.6 Å². The van der Waals surface area contributed by atoms with Crippen molar-refractivity contribution in [3.05, 3.63) is 54.1 Å². The zero-order valence-corrected chi connectivity index (χ0v) is 14.7. The predicted octanol–water partition coefficient (Wildman–Crippen LogP) is 3.32. The van der Waals surface area contributed by atoms with Crippen LogP contribution in [0, 0.1) is 0 Å². The van der Waals surface area contributed by atoms with E-state index in [1.165, 1.54) is 0 Å². The van der Waals surface area contributed by atoms with Crippen LogP contribution >= 0.6 is 0 Å². The second kappa shape index (κ2) is 6.76. The van der Waals surface area contributed by atoms with Crippen LogP contribution in [-0.4, -0.2) is 30.8 Å². The van der Waals surface area contributed by atoms with Gasteiger partial charge in [-0.3, -0.25) is 9.69 Å². The molecular weight excluding hydrogens is 318 g/mol. The average Bonchev–Trinajstić information content (AvgIpc) is 2.66. The van der Waals surface area contributed by atoms with Crippen LogP contribution in [0.15, 0.2) is 48.5 Å². The summed E-state index contributed by atoms with van der Waals surface area (Å²) in [7, 11) is 3.21. The lowest BCUT2D eigenvalue weighted by atomic mass is 9.75. The van der Waals surface area contributed by atoms with E-state index in [0.717, 1.165) is 29.2 Å². The molecule has 3 rings (SSSR count). The lowest BCUT2D eigenvalue weighted by molar-refractivity contribution is -0.155. The minimum Gasteiger partial charge on any atom is -0.497 e. The van der Waals surface area contributed by atoms with Crippen molar-refractivity contribution in [1.29, 1.82) is 0 Å². The van der Waals surface area contributed by atoms with Crippen LogP contribution in [-0.2, 0) is 4.79 Å². The molecule has 0 spiro atoms. The number of nitrogens with zero attached hydrogens (tertiary/aromatic N) is 1. The molecule has 0 saturated carbocycles. The molecule has 0 unspecified atom stereocenters. The molecular formula is C20H23NO4. The van der Waals surface area contributed by atoms with Crippen molar-refractivity contribution < 1.29 is 19.4 Å². The van der Waals surface area contributed by atoms with Crippen LogP contribution in [0.2, 0.25) is 0 Å². The minimum atomic E-state index is -1.37. The highest BCUT2D eigenvalue weighted by Gasteiger charge is 2.60. The maximum Gasteiger partial charge on any atom is 0.262 e. The molecule has 5 heteroatoms. The molecule has 2 aromatic rings. The first-order valence-corrected chi connectivity index (χ1v) is 8.39. The zero-order valence-electron chi connectivity index (χ0n) is 14.7. The molecule has 1 amide bonds. The Morgan fingerprint density at radius 3 is 2.00 bits per heavy atom. The van der Waals surface area contributed by atoms with Gasteiger partial charge in [-0.25, -0.2) is 0 Å². The molecule has 1 heterocycles. The fourth-order valence-electron chi connectivity index (χ4n) is 3.44. The predicted molar refractivity (Wildman–Crippen MR) is 96.1 cm³/mol. The number of aliphatic hydroxyl groups is 1. The van der Waals surface area contributed by atoms with E-state index in [1.807, 2.05) is 55.5 Å². The van der Waals surface area contributed by atoms with Gasteiger partial charge in [-0.2, -0.15) is 0 Å². The van der Waals surface area contributed by atoms with E-state index < -0.39 is 11.6 Å². The summed E-state index contributed by atoms with van der Waals surface area (Å²) < 4.78 is 10.4. The number of rotatable bonds is 6. The summed E-state index contributed by atoms with van der Waals surface area (Å²) in [5.74, 6) is 1.20. The molecule has 1 aliphatic heterocycles. The van der Waals surface area contributed by atoms with Crippen LogP contribution in [0.3, 0.4) is 0 Å². The van der Waals surface area contributed by atoms with Crippen molar-refractivity contribution in [1.82, 2.24) is 0 Å². The molecule has 132 valence electrons. The number of benzene rings is 2. The molecule has 1 N–H and O–H groups in total. The van der Waals surface area contributed by atoms with E-state index in [1.54, 1.807) is 19.1 Å². The molecule has 0 aromatic heterocycles. The lowest BCUT2D eigenvalue weighted by Gasteiger charge is -2.53. The van der Waals surface area contributed by atoms with Crippen LogP contribution < -0.4 is 14.4 Å². The average molecular weight is 341 g/mol. The standard InChI is InChI=1S/C20H23NO4/c1-4-13-20(23)18(14-5-9-16(24-2)10-6-14)21(19(20)22)15-7-11-17(25-3)12-8-15/h5-12,18,23H,4,13H2,1-3H3/t18-,20+/m1/s1. The summed E-state index contributed by atoms with van der Waals surface area (Å²) in [6.45, 7) is 1.96. The molecule has 25 heavy (non-hydrogen) atoms. The first-order valence-electron chi connectivity index (χ1n) is 8.39. The molecule has 1 saturated heterocycles. The summed E-state index contributed by atoms with van der Waals surface area (Å²) in [4.78, 5) is 14.4. The zero-order chi connectivity index (χ0) is 18.0. The fourth-order valence-corrected chi connectivity index (χ4v) is 3.44. The van der Waals surface area contributed by atoms with Crippen molar-refractivity contribution in [3.63, 3.8) is 0 Å². The third-order valence-corrected chi connectivity index (χ3v) is 4.71. The number of hydrogen-bond acceptors (Lipinski definition) is 4. The molecule has 2 atom stereocenters. The van der Waals surface area contributed by atoms with Gasteiger partial charge in [-0.05, 0) is 48.4 Å². The highest BCUT2D eigenvalue weighted by molar-refractivity contribution is 6.08. The van der Waals surface area contributed by atoms with E-state index in [2.05, 4.69) is 0 Å². The molecule has 2 aromatic carbocycles. The lowest BCUT2D eigenvalue weighted by Crippen LogP contribution is -2.68. The van der Waals surface area contributed by atoms with Crippen LogP contribution in [0.4, 0.5) is 5.69 Å². The van der Waals surface area contributed by atoms with Gasteiger partial charge in [-0.15, -0.1) is 0 Å². The quantitative estimate of drug-likeness (QED) is 0.819. The summed E-state index contributed by atoms with van der Waals surface area (Å²) in [6.07, 6.45) is 1.15. The Labute approximate surface area is 147 Å². The van der Waals surface area contributed by atoms with Gasteiger partial charge in [0.15, 0.2) is 5.60 Å². The van der Waals surface area contributed by atoms with Crippen molar-refractivity contribution in [2.45, 2.75) is 31.4 Å². The first kappa shape index (κ1) is 17.3. The molecule has 1 aliphatic rings. The highest BCUT2D eigenvalue weighted by Crippen LogP contribution is 2.48. The summed E-state index contributed by atoms with van der Waals surface area (Å²) >= 11 is 0. The maximum absolute atomic E-state index is 12.8. The summed E-state index contributed by atoms with van der Waals surface area (Å²) in [5.41, 5.74) is 0.253. The molecule has 0 bridgehead atoms. The molecule has 5 nitrogen and oxygen atoms in total. The van der Waals surface area contributed by atoms with E-state index in [9.17, 15) is 9.90 Å². The van der Waals surface area contributed by atoms with Crippen molar-refractivity contribution >= 4 is 11.6 Å². The Kier molecular flexibility index (Phi) is 4.68. The third kappa shape index (κ3) is 2.85. The SMILES string of the molecule is CCC[C@@]1(O)C(=O)N(c2ccc(OC)cc2)[C@@H]1c1ccc(OC)cc1. The van der Waals surface area contributed by atoms with Gasteiger partial charge in [0.05, 0.1) is 20.3 Å². The number of amides is 1. The van der Waals surface area contributed by atoms with Crippen molar-refractivity contribution in [3.8, 4) is 11.5 Å².